The molecule has 1 saturated heterocycles. The average molecular weight is 333 g/mol. The van der Waals surface area contributed by atoms with E-state index >= 15 is 0 Å². The summed E-state index contributed by atoms with van der Waals surface area (Å²) in [6, 6.07) is 7.05. The number of rotatable bonds is 3. The lowest BCUT2D eigenvalue weighted by Crippen LogP contribution is -2.46. The third-order valence-corrected chi connectivity index (χ3v) is 5.65. The molecule has 0 saturated carbocycles. The van der Waals surface area contributed by atoms with Gasteiger partial charge in [-0.2, -0.15) is 4.31 Å². The predicted molar refractivity (Wildman–Crippen MR) is 75.0 cm³/mol. The number of likely N-dealkylation sites (N-methyl/N-ethyl adjacent to an activating group) is 1. The highest BCUT2D eigenvalue weighted by Crippen LogP contribution is 2.22. The Morgan fingerprint density at radius 2 is 2.00 bits per heavy atom. The van der Waals surface area contributed by atoms with E-state index in [1.54, 1.807) is 28.6 Å². The van der Waals surface area contributed by atoms with Crippen LogP contribution in [0.4, 0.5) is 0 Å². The number of piperidine rings is 1. The molecule has 0 bridgehead atoms. The zero-order chi connectivity index (χ0) is 13.2. The van der Waals surface area contributed by atoms with Gasteiger partial charge in [-0.3, -0.25) is 0 Å². The maximum atomic E-state index is 12.4. The Labute approximate surface area is 117 Å². The van der Waals surface area contributed by atoms with Crippen molar-refractivity contribution in [3.8, 4) is 0 Å². The van der Waals surface area contributed by atoms with Crippen molar-refractivity contribution >= 4 is 26.0 Å². The van der Waals surface area contributed by atoms with Crippen molar-refractivity contribution in [3.63, 3.8) is 0 Å². The summed E-state index contributed by atoms with van der Waals surface area (Å²) in [7, 11) is -1.47. The van der Waals surface area contributed by atoms with Gasteiger partial charge in [-0.25, -0.2) is 8.42 Å². The van der Waals surface area contributed by atoms with Crippen LogP contribution in [0, 0.1) is 0 Å². The predicted octanol–water partition coefficient (Wildman–Crippen LogP) is 1.82. The number of nitrogens with one attached hydrogen (secondary N) is 1. The van der Waals surface area contributed by atoms with Crippen molar-refractivity contribution in [1.29, 1.82) is 0 Å². The van der Waals surface area contributed by atoms with Gasteiger partial charge in [-0.1, -0.05) is 15.9 Å². The third-order valence-electron chi connectivity index (χ3n) is 3.24. The van der Waals surface area contributed by atoms with Gasteiger partial charge >= 0.3 is 0 Å². The first-order valence-corrected chi connectivity index (χ1v) is 8.20. The van der Waals surface area contributed by atoms with Crippen LogP contribution in [0.2, 0.25) is 0 Å². The fourth-order valence-corrected chi connectivity index (χ4v) is 3.94. The van der Waals surface area contributed by atoms with Gasteiger partial charge in [0, 0.05) is 23.6 Å². The van der Waals surface area contributed by atoms with Gasteiger partial charge in [0.15, 0.2) is 0 Å². The van der Waals surface area contributed by atoms with E-state index in [0.29, 0.717) is 18.0 Å². The topological polar surface area (TPSA) is 49.4 Å². The number of benzene rings is 1. The Morgan fingerprint density at radius 1 is 1.33 bits per heavy atom. The highest BCUT2D eigenvalue weighted by molar-refractivity contribution is 9.10. The van der Waals surface area contributed by atoms with Crippen molar-refractivity contribution in [2.45, 2.75) is 23.8 Å². The molecule has 1 aliphatic heterocycles. The van der Waals surface area contributed by atoms with Crippen molar-refractivity contribution < 1.29 is 8.42 Å². The minimum Gasteiger partial charge on any atom is -0.316 e. The van der Waals surface area contributed by atoms with E-state index in [2.05, 4.69) is 21.2 Å². The third kappa shape index (κ3) is 2.93. The first-order chi connectivity index (χ1) is 8.54. The van der Waals surface area contributed by atoms with Crippen LogP contribution < -0.4 is 5.32 Å². The van der Waals surface area contributed by atoms with Gasteiger partial charge in [-0.05, 0) is 44.2 Å². The van der Waals surface area contributed by atoms with Crippen molar-refractivity contribution in [1.82, 2.24) is 9.62 Å². The number of hydrogen-bond donors (Lipinski definition) is 1. The summed E-state index contributed by atoms with van der Waals surface area (Å²) in [5.41, 5.74) is 0. The Hall–Kier alpha value is -0.430. The number of hydrogen-bond acceptors (Lipinski definition) is 3. The second-order valence-electron chi connectivity index (χ2n) is 4.44. The Balaban J connectivity index is 2.22. The summed E-state index contributed by atoms with van der Waals surface area (Å²) < 4.78 is 27.3. The Kier molecular flexibility index (Phi) is 4.42. The van der Waals surface area contributed by atoms with Crippen LogP contribution in [0.15, 0.2) is 33.6 Å². The Morgan fingerprint density at radius 3 is 2.61 bits per heavy atom. The molecule has 1 aromatic carbocycles. The molecule has 0 spiro atoms. The van der Waals surface area contributed by atoms with Gasteiger partial charge in [-0.15, -0.1) is 0 Å². The summed E-state index contributed by atoms with van der Waals surface area (Å²) in [4.78, 5) is 0.363. The maximum absolute atomic E-state index is 12.4. The second kappa shape index (κ2) is 5.69. The van der Waals surface area contributed by atoms with E-state index in [4.69, 9.17) is 0 Å². The second-order valence-corrected chi connectivity index (χ2v) is 7.30. The lowest BCUT2D eigenvalue weighted by Gasteiger charge is -2.31. The van der Waals surface area contributed by atoms with E-state index in [9.17, 15) is 8.42 Å². The first-order valence-electron chi connectivity index (χ1n) is 5.97. The molecule has 2 rings (SSSR count). The van der Waals surface area contributed by atoms with E-state index in [1.807, 2.05) is 7.05 Å². The summed E-state index contributed by atoms with van der Waals surface area (Å²) >= 11 is 3.31. The number of nitrogens with zero attached hydrogens (tertiary/aromatic N) is 1. The molecule has 1 aliphatic rings. The van der Waals surface area contributed by atoms with E-state index in [1.165, 1.54) is 0 Å². The van der Waals surface area contributed by atoms with Gasteiger partial charge in [0.1, 0.15) is 0 Å². The van der Waals surface area contributed by atoms with Gasteiger partial charge in [0.05, 0.1) is 4.90 Å². The van der Waals surface area contributed by atoms with Crippen molar-refractivity contribution in [3.05, 3.63) is 28.7 Å². The molecule has 1 N–H and O–H groups in total. The zero-order valence-corrected chi connectivity index (χ0v) is 12.7. The molecule has 1 unspecified atom stereocenters. The monoisotopic (exact) mass is 332 g/mol. The average Bonchev–Trinajstić information content (AvgIpc) is 2.39. The van der Waals surface area contributed by atoms with Crippen LogP contribution in [-0.4, -0.2) is 38.9 Å². The normalized spacial score (nSPS) is 22.0. The fraction of sp³-hybridized carbons (Fsp3) is 0.500. The van der Waals surface area contributed by atoms with E-state index < -0.39 is 10.0 Å². The summed E-state index contributed by atoms with van der Waals surface area (Å²) in [6.45, 7) is 1.16. The quantitative estimate of drug-likeness (QED) is 0.918. The van der Waals surface area contributed by atoms with Crippen LogP contribution in [0.1, 0.15) is 12.8 Å². The van der Waals surface area contributed by atoms with E-state index in [-0.39, 0.29) is 6.04 Å². The van der Waals surface area contributed by atoms with Gasteiger partial charge in [0.2, 0.25) is 10.0 Å². The molecule has 0 aliphatic carbocycles. The lowest BCUT2D eigenvalue weighted by molar-refractivity contribution is 0.293. The molecule has 100 valence electrons. The number of halogens is 1. The van der Waals surface area contributed by atoms with Crippen LogP contribution in [0.25, 0.3) is 0 Å². The minimum atomic E-state index is -3.35. The first kappa shape index (κ1) is 14.0. The van der Waals surface area contributed by atoms with Gasteiger partial charge in [0.25, 0.3) is 0 Å². The molecule has 1 aromatic rings. The summed E-state index contributed by atoms with van der Waals surface area (Å²) in [5.74, 6) is 0. The maximum Gasteiger partial charge on any atom is 0.243 e. The Bertz CT molecular complexity index is 501. The molecule has 1 atom stereocenters. The molecule has 4 nitrogen and oxygen atoms in total. The summed E-state index contributed by atoms with van der Waals surface area (Å²) in [5, 5.41) is 3.15. The highest BCUT2D eigenvalue weighted by Gasteiger charge is 2.29. The molecule has 0 radical (unpaired) electrons. The fourth-order valence-electron chi connectivity index (χ4n) is 2.15. The van der Waals surface area contributed by atoms with Crippen molar-refractivity contribution in [2.75, 3.05) is 20.1 Å². The van der Waals surface area contributed by atoms with Crippen LogP contribution >= 0.6 is 15.9 Å². The summed E-state index contributed by atoms with van der Waals surface area (Å²) in [6.07, 6.45) is 1.93. The minimum absolute atomic E-state index is 0.254. The lowest BCUT2D eigenvalue weighted by atomic mass is 10.1. The van der Waals surface area contributed by atoms with Crippen LogP contribution in [-0.2, 0) is 10.0 Å². The number of sulfonamides is 1. The molecule has 6 heteroatoms. The molecule has 1 heterocycles. The molecular weight excluding hydrogens is 316 g/mol. The molecule has 0 aromatic heterocycles. The van der Waals surface area contributed by atoms with Crippen molar-refractivity contribution in [2.24, 2.45) is 0 Å². The molecule has 1 fully saturated rings. The van der Waals surface area contributed by atoms with E-state index in [0.717, 1.165) is 17.3 Å². The zero-order valence-electron chi connectivity index (χ0n) is 10.3. The van der Waals surface area contributed by atoms with Gasteiger partial charge < -0.3 is 5.32 Å². The standard InChI is InChI=1S/C12H17BrN2O2S/c1-14-11-3-2-8-15(9-11)18(16,17)12-6-4-10(13)5-7-12/h4-7,11,14H,2-3,8-9H2,1H3. The molecule has 0 amide bonds. The molecular formula is C12H17BrN2O2S. The highest BCUT2D eigenvalue weighted by atomic mass is 79.9. The van der Waals surface area contributed by atoms with Crippen LogP contribution in [0.5, 0.6) is 0 Å². The SMILES string of the molecule is CNC1CCCN(S(=O)(=O)c2ccc(Br)cc2)C1. The molecule has 18 heavy (non-hydrogen) atoms. The smallest absolute Gasteiger partial charge is 0.243 e. The van der Waals surface area contributed by atoms with Crippen LogP contribution in [0.3, 0.4) is 0 Å². The largest absolute Gasteiger partial charge is 0.316 e.